The van der Waals surface area contributed by atoms with Crippen LogP contribution >= 0.6 is 0 Å². The standard InChI is InChI=1S/C27H18F2N2O/c28-23-9-1-5-19(17-23)11-13-21-7-3-15-30-25(21)27(32)26-22(8-4-16-31-26)14-12-20-6-2-10-24(29)18-20/h1-18H. The van der Waals surface area contributed by atoms with Crippen LogP contribution in [0.15, 0.2) is 85.2 Å². The molecule has 0 aliphatic rings. The van der Waals surface area contributed by atoms with E-state index in [1.165, 1.54) is 36.7 Å². The quantitative estimate of drug-likeness (QED) is 0.340. The van der Waals surface area contributed by atoms with Crippen molar-refractivity contribution in [3.05, 3.63) is 130 Å². The van der Waals surface area contributed by atoms with Crippen LogP contribution in [-0.2, 0) is 0 Å². The average Bonchev–Trinajstić information content (AvgIpc) is 2.81. The lowest BCUT2D eigenvalue weighted by Crippen LogP contribution is -2.10. The van der Waals surface area contributed by atoms with Gasteiger partial charge in [-0.2, -0.15) is 0 Å². The number of carbonyl (C=O) groups is 1. The first-order valence-corrected chi connectivity index (χ1v) is 9.92. The van der Waals surface area contributed by atoms with Crippen molar-refractivity contribution in [2.24, 2.45) is 0 Å². The van der Waals surface area contributed by atoms with Gasteiger partial charge in [0.05, 0.1) is 0 Å². The van der Waals surface area contributed by atoms with Gasteiger partial charge in [0.2, 0.25) is 5.78 Å². The Morgan fingerprint density at radius 1 is 0.625 bits per heavy atom. The molecule has 0 unspecified atom stereocenters. The molecule has 0 saturated heterocycles. The molecule has 0 atom stereocenters. The van der Waals surface area contributed by atoms with E-state index in [4.69, 9.17) is 0 Å². The summed E-state index contributed by atoms with van der Waals surface area (Å²) in [6.07, 6.45) is 9.97. The van der Waals surface area contributed by atoms with Gasteiger partial charge < -0.3 is 0 Å². The Morgan fingerprint density at radius 2 is 1.09 bits per heavy atom. The highest BCUT2D eigenvalue weighted by molar-refractivity contribution is 6.10. The third-order valence-corrected chi connectivity index (χ3v) is 4.72. The predicted molar refractivity (Wildman–Crippen MR) is 123 cm³/mol. The third-order valence-electron chi connectivity index (χ3n) is 4.72. The normalized spacial score (nSPS) is 11.3. The highest BCUT2D eigenvalue weighted by Crippen LogP contribution is 2.19. The second kappa shape index (κ2) is 9.71. The summed E-state index contributed by atoms with van der Waals surface area (Å²) in [7, 11) is 0. The number of hydrogen-bond acceptors (Lipinski definition) is 3. The van der Waals surface area contributed by atoms with Gasteiger partial charge in [0, 0.05) is 23.5 Å². The lowest BCUT2D eigenvalue weighted by Gasteiger charge is -2.07. The molecule has 4 rings (SSSR count). The van der Waals surface area contributed by atoms with Crippen molar-refractivity contribution >= 4 is 30.1 Å². The van der Waals surface area contributed by atoms with Crippen molar-refractivity contribution in [3.8, 4) is 0 Å². The Kier molecular flexibility index (Phi) is 6.37. The topological polar surface area (TPSA) is 42.9 Å². The van der Waals surface area contributed by atoms with E-state index in [1.54, 1.807) is 72.8 Å². The molecule has 32 heavy (non-hydrogen) atoms. The van der Waals surface area contributed by atoms with E-state index >= 15 is 0 Å². The minimum absolute atomic E-state index is 0.235. The number of hydrogen-bond donors (Lipinski definition) is 0. The van der Waals surface area contributed by atoms with Gasteiger partial charge >= 0.3 is 0 Å². The van der Waals surface area contributed by atoms with Crippen LogP contribution in [0.25, 0.3) is 24.3 Å². The van der Waals surface area contributed by atoms with E-state index in [1.807, 2.05) is 0 Å². The number of aromatic nitrogens is 2. The van der Waals surface area contributed by atoms with E-state index < -0.39 is 0 Å². The molecule has 4 aromatic rings. The Bertz CT molecular complexity index is 1230. The largest absolute Gasteiger partial charge is 0.285 e. The first-order chi connectivity index (χ1) is 15.6. The summed E-state index contributed by atoms with van der Waals surface area (Å²) in [5.41, 5.74) is 2.99. The number of rotatable bonds is 6. The van der Waals surface area contributed by atoms with E-state index in [2.05, 4.69) is 9.97 Å². The Hall–Kier alpha value is -4.25. The molecule has 5 heteroatoms. The first kappa shape index (κ1) is 21.0. The molecule has 0 spiro atoms. The zero-order chi connectivity index (χ0) is 22.3. The van der Waals surface area contributed by atoms with Crippen LogP contribution in [0.1, 0.15) is 38.4 Å². The fourth-order valence-corrected chi connectivity index (χ4v) is 3.19. The summed E-state index contributed by atoms with van der Waals surface area (Å²) in [6.45, 7) is 0. The number of carbonyl (C=O) groups excluding carboxylic acids is 1. The minimum Gasteiger partial charge on any atom is -0.285 e. The molecule has 0 aliphatic heterocycles. The molecule has 2 heterocycles. The van der Waals surface area contributed by atoms with E-state index in [9.17, 15) is 13.6 Å². The van der Waals surface area contributed by atoms with Crippen LogP contribution < -0.4 is 0 Å². The molecule has 0 saturated carbocycles. The number of pyridine rings is 2. The maximum Gasteiger partial charge on any atom is 0.230 e. The molecule has 2 aromatic heterocycles. The molecule has 0 amide bonds. The molecule has 2 aromatic carbocycles. The maximum absolute atomic E-state index is 13.4. The number of halogens is 2. The van der Waals surface area contributed by atoms with Crippen molar-refractivity contribution < 1.29 is 13.6 Å². The first-order valence-electron chi connectivity index (χ1n) is 9.92. The molecule has 3 nitrogen and oxygen atoms in total. The number of benzene rings is 2. The molecule has 0 bridgehead atoms. The Morgan fingerprint density at radius 3 is 1.53 bits per heavy atom. The Labute approximate surface area is 184 Å². The number of nitrogens with zero attached hydrogens (tertiary/aromatic N) is 2. The summed E-state index contributed by atoms with van der Waals surface area (Å²) >= 11 is 0. The van der Waals surface area contributed by atoms with E-state index in [-0.39, 0.29) is 28.8 Å². The van der Waals surface area contributed by atoms with Gasteiger partial charge in [-0.15, -0.1) is 0 Å². The van der Waals surface area contributed by atoms with Gasteiger partial charge in [-0.1, -0.05) is 60.7 Å². The molecule has 0 N–H and O–H groups in total. The fraction of sp³-hybridized carbons (Fsp3) is 0. The SMILES string of the molecule is O=C(c1ncccc1C=Cc1cccc(F)c1)c1ncccc1C=Cc1cccc(F)c1. The van der Waals surface area contributed by atoms with Crippen molar-refractivity contribution in [1.29, 1.82) is 0 Å². The monoisotopic (exact) mass is 424 g/mol. The van der Waals surface area contributed by atoms with Gasteiger partial charge in [0.25, 0.3) is 0 Å². The average molecular weight is 424 g/mol. The van der Waals surface area contributed by atoms with Crippen LogP contribution in [0.3, 0.4) is 0 Å². The second-order valence-electron chi connectivity index (χ2n) is 6.99. The number of ketones is 1. The van der Waals surface area contributed by atoms with E-state index in [0.29, 0.717) is 22.3 Å². The highest BCUT2D eigenvalue weighted by atomic mass is 19.1. The lowest BCUT2D eigenvalue weighted by atomic mass is 10.0. The summed E-state index contributed by atoms with van der Waals surface area (Å²) in [4.78, 5) is 21.8. The summed E-state index contributed by atoms with van der Waals surface area (Å²) < 4.78 is 26.9. The fourth-order valence-electron chi connectivity index (χ4n) is 3.19. The maximum atomic E-state index is 13.4. The van der Waals surface area contributed by atoms with Crippen molar-refractivity contribution in [2.45, 2.75) is 0 Å². The molecular formula is C27H18F2N2O. The van der Waals surface area contributed by atoms with Crippen molar-refractivity contribution in [2.75, 3.05) is 0 Å². The molecule has 0 radical (unpaired) electrons. The van der Waals surface area contributed by atoms with Gasteiger partial charge in [-0.05, 0) is 47.5 Å². The molecule has 0 fully saturated rings. The lowest BCUT2D eigenvalue weighted by molar-refractivity contribution is 0.102. The summed E-state index contributed by atoms with van der Waals surface area (Å²) in [6, 6.07) is 19.3. The van der Waals surface area contributed by atoms with Crippen molar-refractivity contribution in [3.63, 3.8) is 0 Å². The van der Waals surface area contributed by atoms with Crippen LogP contribution in [0, 0.1) is 11.6 Å². The van der Waals surface area contributed by atoms with Gasteiger partial charge in [-0.25, -0.2) is 8.78 Å². The molecule has 0 aliphatic carbocycles. The van der Waals surface area contributed by atoms with Crippen LogP contribution in [0.5, 0.6) is 0 Å². The smallest absolute Gasteiger partial charge is 0.230 e. The highest BCUT2D eigenvalue weighted by Gasteiger charge is 2.17. The summed E-state index contributed by atoms with van der Waals surface area (Å²) in [5.74, 6) is -1.01. The van der Waals surface area contributed by atoms with Crippen LogP contribution in [-0.4, -0.2) is 15.8 Å². The zero-order valence-electron chi connectivity index (χ0n) is 17.0. The van der Waals surface area contributed by atoms with Crippen LogP contribution in [0.4, 0.5) is 8.78 Å². The minimum atomic E-state index is -0.344. The van der Waals surface area contributed by atoms with Crippen LogP contribution in [0.2, 0.25) is 0 Å². The second-order valence-corrected chi connectivity index (χ2v) is 6.99. The van der Waals surface area contributed by atoms with Gasteiger partial charge in [-0.3, -0.25) is 14.8 Å². The predicted octanol–water partition coefficient (Wildman–Crippen LogP) is 6.33. The van der Waals surface area contributed by atoms with E-state index in [0.717, 1.165) is 0 Å². The molecular weight excluding hydrogens is 406 g/mol. The van der Waals surface area contributed by atoms with Gasteiger partial charge in [0.15, 0.2) is 0 Å². The summed E-state index contributed by atoms with van der Waals surface area (Å²) in [5, 5.41) is 0. The third kappa shape index (κ3) is 5.08. The zero-order valence-corrected chi connectivity index (χ0v) is 17.0. The molecule has 156 valence electrons. The van der Waals surface area contributed by atoms with Gasteiger partial charge in [0.1, 0.15) is 23.0 Å². The van der Waals surface area contributed by atoms with Crippen molar-refractivity contribution in [1.82, 2.24) is 9.97 Å². The Balaban J connectivity index is 1.66.